The fourth-order valence-corrected chi connectivity index (χ4v) is 6.39. The number of Topliss-reactive ketones (excluding diaryl/α,β-unsaturated/α-hetero) is 1. The van der Waals surface area contributed by atoms with Gasteiger partial charge < -0.3 is 14.8 Å². The number of hydrogen-bond acceptors (Lipinski definition) is 5. The van der Waals surface area contributed by atoms with E-state index in [9.17, 15) is 9.59 Å². The lowest BCUT2D eigenvalue weighted by atomic mass is 9.71. The first-order valence-electron chi connectivity index (χ1n) is 14.3. The van der Waals surface area contributed by atoms with Crippen molar-refractivity contribution >= 4 is 11.8 Å². The van der Waals surface area contributed by atoms with Crippen LogP contribution in [0.25, 0.3) is 0 Å². The molecule has 3 aromatic rings. The molecule has 3 aliphatic rings. The molecule has 0 aromatic heterocycles. The molecule has 1 aliphatic heterocycles. The second-order valence-corrected chi connectivity index (χ2v) is 11.1. The van der Waals surface area contributed by atoms with E-state index in [4.69, 9.17) is 9.47 Å². The van der Waals surface area contributed by atoms with Gasteiger partial charge in [0.1, 0.15) is 18.5 Å². The van der Waals surface area contributed by atoms with E-state index in [2.05, 4.69) is 17.4 Å². The molecule has 2 atom stereocenters. The van der Waals surface area contributed by atoms with E-state index in [1.807, 2.05) is 79.7 Å². The standard InChI is InChI=1S/C35H35NO4/c1-23-32(35(38)40-27-16-8-9-17-27)33(28-18-10-11-19-31(28)39-22-24-12-4-2-5-13-24)34-29(36-23)20-26(21-30(34)37)25-14-6-3-7-15-25/h2-7,10-15,18-19,26-27,33,36H,8-9,16-17,20-22H2,1H3. The van der Waals surface area contributed by atoms with Crippen molar-refractivity contribution < 1.29 is 19.1 Å². The quantitative estimate of drug-likeness (QED) is 0.328. The van der Waals surface area contributed by atoms with Crippen molar-refractivity contribution in [2.45, 2.75) is 70.0 Å². The van der Waals surface area contributed by atoms with Gasteiger partial charge in [0.05, 0.1) is 11.5 Å². The van der Waals surface area contributed by atoms with Gasteiger partial charge in [0.25, 0.3) is 0 Å². The number of allylic oxidation sites excluding steroid dienone is 3. The molecule has 1 fully saturated rings. The number of benzene rings is 3. The molecule has 1 heterocycles. The van der Waals surface area contributed by atoms with Gasteiger partial charge in [-0.1, -0.05) is 78.9 Å². The van der Waals surface area contributed by atoms with Gasteiger partial charge in [-0.2, -0.15) is 0 Å². The third-order valence-corrected chi connectivity index (χ3v) is 8.36. The molecule has 1 N–H and O–H groups in total. The van der Waals surface area contributed by atoms with Crippen LogP contribution in [-0.4, -0.2) is 17.9 Å². The average Bonchev–Trinajstić information content (AvgIpc) is 3.49. The van der Waals surface area contributed by atoms with Crippen LogP contribution in [0.1, 0.15) is 74.0 Å². The number of ether oxygens (including phenoxy) is 2. The van der Waals surface area contributed by atoms with Gasteiger partial charge in [0, 0.05) is 29.0 Å². The first kappa shape index (κ1) is 26.1. The second kappa shape index (κ2) is 11.5. The molecule has 5 nitrogen and oxygen atoms in total. The Hall–Kier alpha value is -4.12. The maximum absolute atomic E-state index is 14.0. The number of esters is 1. The van der Waals surface area contributed by atoms with Crippen LogP contribution >= 0.6 is 0 Å². The molecule has 0 radical (unpaired) electrons. The number of carbonyl (C=O) groups is 2. The molecular formula is C35H35NO4. The third kappa shape index (κ3) is 5.33. The van der Waals surface area contributed by atoms with Crippen LogP contribution in [0.15, 0.2) is 107 Å². The highest BCUT2D eigenvalue weighted by atomic mass is 16.5. The zero-order chi connectivity index (χ0) is 27.5. The maximum atomic E-state index is 14.0. The lowest BCUT2D eigenvalue weighted by Crippen LogP contribution is -2.36. The highest BCUT2D eigenvalue weighted by molar-refractivity contribution is 6.04. The fourth-order valence-electron chi connectivity index (χ4n) is 6.39. The Morgan fingerprint density at radius 2 is 1.55 bits per heavy atom. The van der Waals surface area contributed by atoms with Crippen molar-refractivity contribution in [1.29, 1.82) is 0 Å². The molecule has 0 saturated heterocycles. The van der Waals surface area contributed by atoms with Crippen molar-refractivity contribution in [3.8, 4) is 5.75 Å². The summed E-state index contributed by atoms with van der Waals surface area (Å²) in [6.07, 6.45) is 4.95. The summed E-state index contributed by atoms with van der Waals surface area (Å²) in [6, 6.07) is 28.0. The predicted molar refractivity (Wildman–Crippen MR) is 155 cm³/mol. The molecule has 204 valence electrons. The Kier molecular flexibility index (Phi) is 7.54. The van der Waals surface area contributed by atoms with Gasteiger partial charge in [-0.15, -0.1) is 0 Å². The highest BCUT2D eigenvalue weighted by Crippen LogP contribution is 2.48. The van der Waals surface area contributed by atoms with E-state index >= 15 is 0 Å². The summed E-state index contributed by atoms with van der Waals surface area (Å²) < 4.78 is 12.4. The van der Waals surface area contributed by atoms with E-state index < -0.39 is 5.92 Å². The highest BCUT2D eigenvalue weighted by Gasteiger charge is 2.43. The number of rotatable bonds is 7. The number of ketones is 1. The summed E-state index contributed by atoms with van der Waals surface area (Å²) >= 11 is 0. The summed E-state index contributed by atoms with van der Waals surface area (Å²) in [5.41, 5.74) is 5.82. The van der Waals surface area contributed by atoms with Crippen LogP contribution in [0, 0.1) is 0 Å². The molecule has 6 rings (SSSR count). The summed E-state index contributed by atoms with van der Waals surface area (Å²) in [5.74, 6) is -0.0817. The lowest BCUT2D eigenvalue weighted by molar-refractivity contribution is -0.144. The minimum Gasteiger partial charge on any atom is -0.489 e. The van der Waals surface area contributed by atoms with Crippen LogP contribution in [0.2, 0.25) is 0 Å². The zero-order valence-electron chi connectivity index (χ0n) is 22.9. The average molecular weight is 534 g/mol. The molecule has 3 aromatic carbocycles. The molecule has 1 saturated carbocycles. The minimum atomic E-state index is -0.554. The Labute approximate surface area is 235 Å². The van der Waals surface area contributed by atoms with E-state index in [1.54, 1.807) is 0 Å². The summed E-state index contributed by atoms with van der Waals surface area (Å²) in [4.78, 5) is 27.8. The minimum absolute atomic E-state index is 0.0594. The van der Waals surface area contributed by atoms with Crippen molar-refractivity contribution in [3.05, 3.63) is 124 Å². The fraction of sp³-hybridized carbons (Fsp3) is 0.314. The lowest BCUT2D eigenvalue weighted by Gasteiger charge is -2.37. The van der Waals surface area contributed by atoms with E-state index in [0.717, 1.165) is 53.8 Å². The van der Waals surface area contributed by atoms with Crippen LogP contribution in [0.3, 0.4) is 0 Å². The normalized spacial score (nSPS) is 21.2. The number of para-hydroxylation sites is 1. The second-order valence-electron chi connectivity index (χ2n) is 11.1. The van der Waals surface area contributed by atoms with Crippen molar-refractivity contribution in [2.75, 3.05) is 0 Å². The Bertz CT molecular complexity index is 1450. The molecule has 2 unspecified atom stereocenters. The smallest absolute Gasteiger partial charge is 0.337 e. The van der Waals surface area contributed by atoms with Gasteiger partial charge in [-0.05, 0) is 62.1 Å². The van der Waals surface area contributed by atoms with Gasteiger partial charge >= 0.3 is 5.97 Å². The van der Waals surface area contributed by atoms with E-state index in [1.165, 1.54) is 0 Å². The monoisotopic (exact) mass is 533 g/mol. The van der Waals surface area contributed by atoms with E-state index in [0.29, 0.717) is 36.3 Å². The van der Waals surface area contributed by atoms with Gasteiger partial charge in [0.2, 0.25) is 0 Å². The van der Waals surface area contributed by atoms with Crippen LogP contribution < -0.4 is 10.1 Å². The summed E-state index contributed by atoms with van der Waals surface area (Å²) in [6.45, 7) is 2.31. The number of nitrogens with one attached hydrogen (secondary N) is 1. The predicted octanol–water partition coefficient (Wildman–Crippen LogP) is 7.11. The molecule has 0 amide bonds. The van der Waals surface area contributed by atoms with Crippen LogP contribution in [-0.2, 0) is 20.9 Å². The summed E-state index contributed by atoms with van der Waals surface area (Å²) in [7, 11) is 0. The van der Waals surface area contributed by atoms with Crippen LogP contribution in [0.4, 0.5) is 0 Å². The first-order chi connectivity index (χ1) is 19.6. The first-order valence-corrected chi connectivity index (χ1v) is 14.3. The van der Waals surface area contributed by atoms with Crippen LogP contribution in [0.5, 0.6) is 5.75 Å². The number of carbonyl (C=O) groups excluding carboxylic acids is 2. The van der Waals surface area contributed by atoms with E-state index in [-0.39, 0.29) is 23.8 Å². The molecule has 5 heteroatoms. The maximum Gasteiger partial charge on any atom is 0.337 e. The van der Waals surface area contributed by atoms with Gasteiger partial charge in [0.15, 0.2) is 5.78 Å². The summed E-state index contributed by atoms with van der Waals surface area (Å²) in [5, 5.41) is 3.48. The number of dihydropyridines is 1. The topological polar surface area (TPSA) is 64.6 Å². The Morgan fingerprint density at radius 1 is 0.875 bits per heavy atom. The number of hydrogen-bond donors (Lipinski definition) is 1. The largest absolute Gasteiger partial charge is 0.489 e. The zero-order valence-corrected chi connectivity index (χ0v) is 22.9. The Morgan fingerprint density at radius 3 is 2.30 bits per heavy atom. The molecule has 2 aliphatic carbocycles. The Balaban J connectivity index is 1.40. The van der Waals surface area contributed by atoms with Crippen molar-refractivity contribution in [1.82, 2.24) is 5.32 Å². The molecule has 0 spiro atoms. The molecule has 0 bridgehead atoms. The molecular weight excluding hydrogens is 498 g/mol. The van der Waals surface area contributed by atoms with Gasteiger partial charge in [-0.25, -0.2) is 4.79 Å². The van der Waals surface area contributed by atoms with Gasteiger partial charge in [-0.3, -0.25) is 4.79 Å². The van der Waals surface area contributed by atoms with Crippen molar-refractivity contribution in [3.63, 3.8) is 0 Å². The third-order valence-electron chi connectivity index (χ3n) is 8.36. The molecule has 40 heavy (non-hydrogen) atoms. The van der Waals surface area contributed by atoms with Crippen molar-refractivity contribution in [2.24, 2.45) is 0 Å². The SMILES string of the molecule is CC1=C(C(=O)OC2CCCC2)C(c2ccccc2OCc2ccccc2)C2=C(CC(c3ccccc3)CC2=O)N1.